The molecule has 6 heteroatoms. The molecule has 4 rings (SSSR count). The van der Waals surface area contributed by atoms with E-state index in [4.69, 9.17) is 16.3 Å². The van der Waals surface area contributed by atoms with Crippen molar-refractivity contribution >= 4 is 23.0 Å². The van der Waals surface area contributed by atoms with Crippen LogP contribution in [0, 0.1) is 0 Å². The van der Waals surface area contributed by atoms with E-state index in [-0.39, 0.29) is 6.04 Å². The maximum atomic E-state index is 6.08. The Morgan fingerprint density at radius 1 is 1.21 bits per heavy atom. The molecule has 0 aliphatic carbocycles. The Bertz CT molecular complexity index is 862. The van der Waals surface area contributed by atoms with Gasteiger partial charge >= 0.3 is 0 Å². The van der Waals surface area contributed by atoms with Gasteiger partial charge < -0.3 is 9.30 Å². The highest BCUT2D eigenvalue weighted by Crippen LogP contribution is 2.32. The molecule has 5 nitrogen and oxygen atoms in total. The zero-order valence-electron chi connectivity index (χ0n) is 12.8. The summed E-state index contributed by atoms with van der Waals surface area (Å²) < 4.78 is 7.87. The van der Waals surface area contributed by atoms with Crippen LogP contribution in [0.3, 0.4) is 0 Å². The highest BCUT2D eigenvalue weighted by atomic mass is 35.5. The number of halogens is 1. The van der Waals surface area contributed by atoms with Crippen molar-refractivity contribution in [2.45, 2.75) is 6.04 Å². The zero-order chi connectivity index (χ0) is 16.4. The predicted octanol–water partition coefficient (Wildman–Crippen LogP) is 3.99. The Kier molecular flexibility index (Phi) is 3.92. The molecule has 1 aliphatic heterocycles. The Hall–Kier alpha value is -2.79. The molecule has 2 heterocycles. The number of nitrogens with zero attached hydrogens (tertiary/aromatic N) is 3. The summed E-state index contributed by atoms with van der Waals surface area (Å²) in [7, 11) is 0. The molecule has 1 aromatic heterocycles. The number of para-hydroxylation sites is 1. The maximum absolute atomic E-state index is 6.08. The Morgan fingerprint density at radius 3 is 2.88 bits per heavy atom. The Balaban J connectivity index is 1.75. The number of hydrogen-bond donors (Lipinski definition) is 1. The normalized spacial score (nSPS) is 18.0. The third-order valence-electron chi connectivity index (χ3n) is 3.90. The van der Waals surface area contributed by atoms with Gasteiger partial charge in [0.05, 0.1) is 17.7 Å². The van der Waals surface area contributed by atoms with Gasteiger partial charge in [-0.25, -0.2) is 4.98 Å². The van der Waals surface area contributed by atoms with Crippen molar-refractivity contribution in [2.75, 3.05) is 12.0 Å². The van der Waals surface area contributed by atoms with E-state index in [2.05, 4.69) is 15.5 Å². The average Bonchev–Trinajstić information content (AvgIpc) is 3.14. The molecule has 0 radical (unpaired) electrons. The van der Waals surface area contributed by atoms with Gasteiger partial charge in [0, 0.05) is 23.0 Å². The number of hydrazone groups is 1. The van der Waals surface area contributed by atoms with Crippen LogP contribution in [0.4, 0.5) is 5.69 Å². The number of rotatable bonds is 3. The van der Waals surface area contributed by atoms with E-state index in [1.165, 1.54) is 0 Å². The quantitative estimate of drug-likeness (QED) is 0.735. The van der Waals surface area contributed by atoms with E-state index < -0.39 is 0 Å². The van der Waals surface area contributed by atoms with E-state index in [1.54, 1.807) is 12.5 Å². The minimum Gasteiger partial charge on any atom is -0.490 e. The summed E-state index contributed by atoms with van der Waals surface area (Å²) in [6, 6.07) is 15.4. The summed E-state index contributed by atoms with van der Waals surface area (Å²) in [4.78, 5) is 4.13. The van der Waals surface area contributed by atoms with Gasteiger partial charge in [-0.15, -0.1) is 0 Å². The molecular weight excluding hydrogens is 324 g/mol. The lowest BCUT2D eigenvalue weighted by Crippen LogP contribution is -2.31. The molecular formula is C18H15ClN4O. The number of ether oxygens (including phenoxy) is 1. The number of anilines is 1. The zero-order valence-corrected chi connectivity index (χ0v) is 13.5. The molecule has 0 spiro atoms. The molecule has 1 atom stereocenters. The highest BCUT2D eigenvalue weighted by Gasteiger charge is 2.28. The van der Waals surface area contributed by atoms with Crippen molar-refractivity contribution in [3.63, 3.8) is 0 Å². The molecule has 0 bridgehead atoms. The molecule has 1 aliphatic rings. The molecule has 0 saturated heterocycles. The first-order chi connectivity index (χ1) is 11.8. The second kappa shape index (κ2) is 6.37. The second-order valence-corrected chi connectivity index (χ2v) is 5.89. The fraction of sp³-hybridized carbons (Fsp3) is 0.111. The van der Waals surface area contributed by atoms with Crippen LogP contribution in [0.2, 0.25) is 5.02 Å². The summed E-state index contributed by atoms with van der Waals surface area (Å²) in [6.45, 7) is 0.471. The first kappa shape index (κ1) is 14.8. The largest absolute Gasteiger partial charge is 0.490 e. The second-order valence-electron chi connectivity index (χ2n) is 5.45. The predicted molar refractivity (Wildman–Crippen MR) is 94.8 cm³/mol. The SMILES string of the molecule is Clc1ccc2c(c1)OCC(n1ccnc1)C2=NNc1ccccc1. The summed E-state index contributed by atoms with van der Waals surface area (Å²) >= 11 is 6.08. The summed E-state index contributed by atoms with van der Waals surface area (Å²) in [6.07, 6.45) is 5.43. The molecule has 1 unspecified atom stereocenters. The van der Waals surface area contributed by atoms with Gasteiger partial charge in [0.25, 0.3) is 0 Å². The third-order valence-corrected chi connectivity index (χ3v) is 4.13. The van der Waals surface area contributed by atoms with Crippen LogP contribution in [-0.2, 0) is 0 Å². The molecule has 3 aromatic rings. The van der Waals surface area contributed by atoms with Crippen molar-refractivity contribution in [2.24, 2.45) is 5.10 Å². The van der Waals surface area contributed by atoms with Crippen LogP contribution in [0.1, 0.15) is 11.6 Å². The van der Waals surface area contributed by atoms with Crippen molar-refractivity contribution in [1.82, 2.24) is 9.55 Å². The lowest BCUT2D eigenvalue weighted by atomic mass is 10.00. The molecule has 24 heavy (non-hydrogen) atoms. The minimum absolute atomic E-state index is 0.0580. The van der Waals surface area contributed by atoms with Crippen LogP contribution in [0.25, 0.3) is 0 Å². The number of benzene rings is 2. The maximum Gasteiger partial charge on any atom is 0.130 e. The minimum atomic E-state index is -0.0580. The number of imidazole rings is 1. The monoisotopic (exact) mass is 338 g/mol. The van der Waals surface area contributed by atoms with Crippen molar-refractivity contribution in [1.29, 1.82) is 0 Å². The van der Waals surface area contributed by atoms with Gasteiger partial charge in [-0.3, -0.25) is 5.43 Å². The molecule has 120 valence electrons. The van der Waals surface area contributed by atoms with Crippen molar-refractivity contribution in [3.8, 4) is 5.75 Å². The van der Waals surface area contributed by atoms with E-state index in [9.17, 15) is 0 Å². The van der Waals surface area contributed by atoms with Crippen LogP contribution in [0.15, 0.2) is 72.4 Å². The van der Waals surface area contributed by atoms with E-state index in [1.807, 2.05) is 59.3 Å². The van der Waals surface area contributed by atoms with Crippen LogP contribution in [0.5, 0.6) is 5.75 Å². The molecule has 0 amide bonds. The van der Waals surface area contributed by atoms with Crippen LogP contribution >= 0.6 is 11.6 Å². The number of aromatic nitrogens is 2. The lowest BCUT2D eigenvalue weighted by Gasteiger charge is -2.28. The fourth-order valence-corrected chi connectivity index (χ4v) is 2.87. The topological polar surface area (TPSA) is 51.4 Å². The average molecular weight is 339 g/mol. The number of hydrogen-bond acceptors (Lipinski definition) is 4. The van der Waals surface area contributed by atoms with Crippen LogP contribution in [-0.4, -0.2) is 21.9 Å². The van der Waals surface area contributed by atoms with Crippen molar-refractivity contribution < 1.29 is 4.74 Å². The van der Waals surface area contributed by atoms with Crippen LogP contribution < -0.4 is 10.2 Å². The highest BCUT2D eigenvalue weighted by molar-refractivity contribution is 6.31. The molecule has 2 aromatic carbocycles. The van der Waals surface area contributed by atoms with E-state index in [0.717, 1.165) is 22.7 Å². The van der Waals surface area contributed by atoms with Gasteiger partial charge in [0.15, 0.2) is 0 Å². The number of nitrogens with one attached hydrogen (secondary N) is 1. The van der Waals surface area contributed by atoms with Crippen molar-refractivity contribution in [3.05, 3.63) is 77.8 Å². The first-order valence-electron chi connectivity index (χ1n) is 7.60. The Labute approximate surface area is 144 Å². The Morgan fingerprint density at radius 2 is 2.08 bits per heavy atom. The summed E-state index contributed by atoms with van der Waals surface area (Å²) in [5.74, 6) is 0.743. The fourth-order valence-electron chi connectivity index (χ4n) is 2.71. The first-order valence-corrected chi connectivity index (χ1v) is 7.98. The van der Waals surface area contributed by atoms with Gasteiger partial charge in [-0.2, -0.15) is 5.10 Å². The standard InChI is InChI=1S/C18H15ClN4O/c19-13-6-7-15-17(10-13)24-11-16(23-9-8-20-12-23)18(15)22-21-14-4-2-1-3-5-14/h1-10,12,16,21H,11H2. The molecule has 0 fully saturated rings. The lowest BCUT2D eigenvalue weighted by molar-refractivity contribution is 0.273. The van der Waals surface area contributed by atoms with Gasteiger partial charge in [0.1, 0.15) is 18.4 Å². The molecule has 1 N–H and O–H groups in total. The summed E-state index contributed by atoms with van der Waals surface area (Å²) in [5.41, 5.74) is 5.86. The number of fused-ring (bicyclic) bond motifs is 1. The van der Waals surface area contributed by atoms with Gasteiger partial charge in [-0.05, 0) is 30.3 Å². The van der Waals surface area contributed by atoms with E-state index in [0.29, 0.717) is 11.6 Å². The summed E-state index contributed by atoms with van der Waals surface area (Å²) in [5, 5.41) is 5.30. The van der Waals surface area contributed by atoms with E-state index >= 15 is 0 Å². The van der Waals surface area contributed by atoms with Gasteiger partial charge in [0.2, 0.25) is 0 Å². The smallest absolute Gasteiger partial charge is 0.130 e. The van der Waals surface area contributed by atoms with Gasteiger partial charge in [-0.1, -0.05) is 29.8 Å². The third kappa shape index (κ3) is 2.86. The molecule has 0 saturated carbocycles.